The third-order valence-corrected chi connectivity index (χ3v) is 1.95. The van der Waals surface area contributed by atoms with Crippen molar-refractivity contribution in [3.05, 3.63) is 0 Å². The molecule has 2 amide bonds. The smallest absolute Gasteiger partial charge is 0.314 e. The Morgan fingerprint density at radius 3 is 2.58 bits per heavy atom. The van der Waals surface area contributed by atoms with Crippen molar-refractivity contribution in [3.63, 3.8) is 0 Å². The summed E-state index contributed by atoms with van der Waals surface area (Å²) in [6.45, 7) is 6.70. The van der Waals surface area contributed by atoms with Gasteiger partial charge in [0.25, 0.3) is 0 Å². The van der Waals surface area contributed by atoms with Crippen LogP contribution in [0.4, 0.5) is 4.79 Å². The van der Waals surface area contributed by atoms with Crippen molar-refractivity contribution in [2.45, 2.75) is 26.8 Å². The van der Waals surface area contributed by atoms with Gasteiger partial charge < -0.3 is 4.90 Å². The van der Waals surface area contributed by atoms with Crippen LogP contribution in [0.3, 0.4) is 0 Å². The number of carbonyl (C=O) groups excluding carboxylic acids is 1. The van der Waals surface area contributed by atoms with Crippen molar-refractivity contribution < 1.29 is 4.79 Å². The molecule has 0 aromatic carbocycles. The normalized spacial score (nSPS) is 23.7. The lowest BCUT2D eigenvalue weighted by molar-refractivity contribution is 0.201. The molecule has 0 aromatic heterocycles. The lowest BCUT2D eigenvalue weighted by atomic mass is 10.2. The number of urea groups is 1. The van der Waals surface area contributed by atoms with E-state index in [4.69, 9.17) is 5.41 Å². The zero-order valence-electron chi connectivity index (χ0n) is 7.72. The minimum absolute atomic E-state index is 0.0834. The third kappa shape index (κ3) is 1.57. The SMILES string of the molecule is CC(C)CN1C(=O)NC(=N)C1C. The lowest BCUT2D eigenvalue weighted by Gasteiger charge is -2.20. The molecule has 0 spiro atoms. The topological polar surface area (TPSA) is 56.2 Å². The number of carbonyl (C=O) groups is 1. The summed E-state index contributed by atoms with van der Waals surface area (Å²) in [5, 5.41) is 9.88. The molecule has 1 saturated heterocycles. The molecule has 1 atom stereocenters. The molecular formula is C8H15N3O. The number of nitrogens with one attached hydrogen (secondary N) is 2. The molecular weight excluding hydrogens is 154 g/mol. The molecule has 1 fully saturated rings. The standard InChI is InChI=1S/C8H15N3O/c1-5(2)4-11-6(3)7(9)10-8(11)12/h5-6H,4H2,1-3H3,(H2,9,10,12). The van der Waals surface area contributed by atoms with Gasteiger partial charge in [-0.05, 0) is 12.8 Å². The van der Waals surface area contributed by atoms with Gasteiger partial charge in [0.15, 0.2) is 0 Å². The van der Waals surface area contributed by atoms with E-state index in [1.807, 2.05) is 6.92 Å². The average Bonchev–Trinajstić information content (AvgIpc) is 2.16. The number of nitrogens with zero attached hydrogens (tertiary/aromatic N) is 1. The first-order chi connectivity index (χ1) is 5.52. The number of rotatable bonds is 2. The molecule has 0 aromatic rings. The highest BCUT2D eigenvalue weighted by Gasteiger charge is 2.31. The fourth-order valence-electron chi connectivity index (χ4n) is 1.26. The minimum Gasteiger partial charge on any atom is -0.314 e. The van der Waals surface area contributed by atoms with Crippen LogP contribution < -0.4 is 5.32 Å². The highest BCUT2D eigenvalue weighted by molar-refractivity contribution is 6.05. The molecule has 1 aliphatic rings. The summed E-state index contributed by atoms with van der Waals surface area (Å²) in [5.41, 5.74) is 0. The molecule has 0 aliphatic carbocycles. The highest BCUT2D eigenvalue weighted by Crippen LogP contribution is 2.10. The van der Waals surface area contributed by atoms with E-state index in [1.165, 1.54) is 0 Å². The van der Waals surface area contributed by atoms with Gasteiger partial charge >= 0.3 is 6.03 Å². The monoisotopic (exact) mass is 169 g/mol. The Kier molecular flexibility index (Phi) is 2.35. The second-order valence-corrected chi connectivity index (χ2v) is 3.57. The van der Waals surface area contributed by atoms with E-state index in [-0.39, 0.29) is 12.1 Å². The molecule has 4 heteroatoms. The molecule has 1 heterocycles. The van der Waals surface area contributed by atoms with Gasteiger partial charge in [0.2, 0.25) is 0 Å². The number of amidine groups is 1. The quantitative estimate of drug-likeness (QED) is 0.637. The van der Waals surface area contributed by atoms with Gasteiger partial charge in [-0.3, -0.25) is 10.7 Å². The Hall–Kier alpha value is -1.06. The predicted octanol–water partition coefficient (Wildman–Crippen LogP) is 1.03. The predicted molar refractivity (Wildman–Crippen MR) is 47.3 cm³/mol. The van der Waals surface area contributed by atoms with Crippen LogP contribution in [0, 0.1) is 11.3 Å². The summed E-state index contributed by atoms with van der Waals surface area (Å²) >= 11 is 0. The third-order valence-electron chi connectivity index (χ3n) is 1.95. The van der Waals surface area contributed by atoms with Crippen LogP contribution in [0.2, 0.25) is 0 Å². The molecule has 2 N–H and O–H groups in total. The zero-order valence-corrected chi connectivity index (χ0v) is 7.72. The summed E-state index contributed by atoms with van der Waals surface area (Å²) in [7, 11) is 0. The average molecular weight is 169 g/mol. The van der Waals surface area contributed by atoms with E-state index in [1.54, 1.807) is 4.90 Å². The summed E-state index contributed by atoms with van der Waals surface area (Å²) in [6.07, 6.45) is 0. The largest absolute Gasteiger partial charge is 0.323 e. The van der Waals surface area contributed by atoms with Gasteiger partial charge in [-0.1, -0.05) is 13.8 Å². The summed E-state index contributed by atoms with van der Waals surface area (Å²) < 4.78 is 0. The summed E-state index contributed by atoms with van der Waals surface area (Å²) in [5.74, 6) is 0.754. The van der Waals surface area contributed by atoms with Crippen LogP contribution in [-0.2, 0) is 0 Å². The lowest BCUT2D eigenvalue weighted by Crippen LogP contribution is -2.35. The fraction of sp³-hybridized carbons (Fsp3) is 0.750. The van der Waals surface area contributed by atoms with Gasteiger partial charge in [0, 0.05) is 6.54 Å². The van der Waals surface area contributed by atoms with Crippen LogP contribution in [0.5, 0.6) is 0 Å². The van der Waals surface area contributed by atoms with E-state index in [0.29, 0.717) is 11.8 Å². The first kappa shape index (κ1) is 9.03. The van der Waals surface area contributed by atoms with E-state index in [9.17, 15) is 4.79 Å². The van der Waals surface area contributed by atoms with Crippen LogP contribution in [0.1, 0.15) is 20.8 Å². The maximum atomic E-state index is 11.2. The number of amides is 2. The molecule has 1 aliphatic heterocycles. The molecule has 1 unspecified atom stereocenters. The molecule has 12 heavy (non-hydrogen) atoms. The first-order valence-corrected chi connectivity index (χ1v) is 4.18. The van der Waals surface area contributed by atoms with Crippen LogP contribution in [-0.4, -0.2) is 29.4 Å². The van der Waals surface area contributed by atoms with Gasteiger partial charge in [-0.15, -0.1) is 0 Å². The van der Waals surface area contributed by atoms with Gasteiger partial charge in [0.05, 0.1) is 6.04 Å². The number of hydrogen-bond donors (Lipinski definition) is 2. The minimum atomic E-state index is -0.138. The zero-order chi connectivity index (χ0) is 9.30. The fourth-order valence-corrected chi connectivity index (χ4v) is 1.26. The van der Waals surface area contributed by atoms with Crippen LogP contribution >= 0.6 is 0 Å². The van der Waals surface area contributed by atoms with E-state index >= 15 is 0 Å². The Morgan fingerprint density at radius 1 is 1.67 bits per heavy atom. The van der Waals surface area contributed by atoms with E-state index in [0.717, 1.165) is 6.54 Å². The first-order valence-electron chi connectivity index (χ1n) is 4.18. The van der Waals surface area contributed by atoms with Gasteiger partial charge in [0.1, 0.15) is 5.84 Å². The second kappa shape index (κ2) is 3.13. The van der Waals surface area contributed by atoms with Crippen molar-refractivity contribution in [1.29, 1.82) is 5.41 Å². The second-order valence-electron chi connectivity index (χ2n) is 3.57. The highest BCUT2D eigenvalue weighted by atomic mass is 16.2. The van der Waals surface area contributed by atoms with Gasteiger partial charge in [-0.2, -0.15) is 0 Å². The van der Waals surface area contributed by atoms with Crippen molar-refractivity contribution >= 4 is 11.9 Å². The Morgan fingerprint density at radius 2 is 2.25 bits per heavy atom. The molecule has 4 nitrogen and oxygen atoms in total. The van der Waals surface area contributed by atoms with Crippen LogP contribution in [0.25, 0.3) is 0 Å². The van der Waals surface area contributed by atoms with E-state index < -0.39 is 0 Å². The van der Waals surface area contributed by atoms with Crippen molar-refractivity contribution in [1.82, 2.24) is 10.2 Å². The molecule has 0 bridgehead atoms. The molecule has 1 rings (SSSR count). The van der Waals surface area contributed by atoms with Crippen molar-refractivity contribution in [3.8, 4) is 0 Å². The van der Waals surface area contributed by atoms with Crippen molar-refractivity contribution in [2.24, 2.45) is 5.92 Å². The van der Waals surface area contributed by atoms with Crippen molar-refractivity contribution in [2.75, 3.05) is 6.54 Å². The molecule has 68 valence electrons. The van der Waals surface area contributed by atoms with Crippen LogP contribution in [0.15, 0.2) is 0 Å². The Bertz CT molecular complexity index is 212. The van der Waals surface area contributed by atoms with E-state index in [2.05, 4.69) is 19.2 Å². The number of hydrogen-bond acceptors (Lipinski definition) is 2. The Balaban J connectivity index is 2.63. The molecule has 0 radical (unpaired) electrons. The summed E-state index contributed by atoms with van der Waals surface area (Å²) in [4.78, 5) is 12.9. The Labute approximate surface area is 72.4 Å². The maximum Gasteiger partial charge on any atom is 0.323 e. The summed E-state index contributed by atoms with van der Waals surface area (Å²) in [6, 6.07) is -0.221. The van der Waals surface area contributed by atoms with Gasteiger partial charge in [-0.25, -0.2) is 4.79 Å². The molecule has 0 saturated carbocycles. The maximum absolute atomic E-state index is 11.2.